The smallest absolute Gasteiger partial charge is 0.000496 e. The van der Waals surface area contributed by atoms with Gasteiger partial charge >= 0.3 is 0 Å². The van der Waals surface area contributed by atoms with Gasteiger partial charge in [-0.1, -0.05) is 27.7 Å². The lowest BCUT2D eigenvalue weighted by Gasteiger charge is -2.29. The van der Waals surface area contributed by atoms with E-state index in [9.17, 15) is 0 Å². The number of piperidine rings is 1. The molecule has 0 amide bonds. The molecule has 2 N–H and O–H groups in total. The van der Waals surface area contributed by atoms with Gasteiger partial charge in [-0.25, -0.2) is 0 Å². The van der Waals surface area contributed by atoms with Crippen LogP contribution in [0.3, 0.4) is 0 Å². The molecular formula is C15H32N2. The van der Waals surface area contributed by atoms with E-state index in [0.29, 0.717) is 5.41 Å². The normalized spacial score (nSPS) is 22.1. The molecule has 102 valence electrons. The van der Waals surface area contributed by atoms with Gasteiger partial charge in [0.2, 0.25) is 0 Å². The van der Waals surface area contributed by atoms with E-state index in [0.717, 1.165) is 18.4 Å². The van der Waals surface area contributed by atoms with Gasteiger partial charge in [0.25, 0.3) is 0 Å². The summed E-state index contributed by atoms with van der Waals surface area (Å²) in [6, 6.07) is 0. The summed E-state index contributed by atoms with van der Waals surface area (Å²) in [6.45, 7) is 14.2. The summed E-state index contributed by atoms with van der Waals surface area (Å²) in [4.78, 5) is 0. The van der Waals surface area contributed by atoms with Gasteiger partial charge in [-0.3, -0.25) is 0 Å². The monoisotopic (exact) mass is 240 g/mol. The van der Waals surface area contributed by atoms with Crippen molar-refractivity contribution in [2.45, 2.75) is 53.4 Å². The minimum atomic E-state index is 0.423. The third-order valence-electron chi connectivity index (χ3n) is 4.51. The van der Waals surface area contributed by atoms with Crippen LogP contribution in [0.1, 0.15) is 53.4 Å². The maximum Gasteiger partial charge on any atom is 0.000496 e. The first-order chi connectivity index (χ1) is 8.02. The lowest BCUT2D eigenvalue weighted by atomic mass is 9.81. The van der Waals surface area contributed by atoms with E-state index in [1.54, 1.807) is 0 Å². The van der Waals surface area contributed by atoms with Crippen LogP contribution in [-0.2, 0) is 0 Å². The van der Waals surface area contributed by atoms with Gasteiger partial charge in [0.1, 0.15) is 0 Å². The highest BCUT2D eigenvalue weighted by molar-refractivity contribution is 4.75. The first-order valence-corrected chi connectivity index (χ1v) is 7.44. The molecule has 0 bridgehead atoms. The zero-order valence-corrected chi connectivity index (χ0v) is 12.3. The van der Waals surface area contributed by atoms with E-state index < -0.39 is 0 Å². The highest BCUT2D eigenvalue weighted by atomic mass is 14.9. The molecule has 17 heavy (non-hydrogen) atoms. The van der Waals surface area contributed by atoms with E-state index >= 15 is 0 Å². The van der Waals surface area contributed by atoms with Crippen LogP contribution in [0.4, 0.5) is 0 Å². The molecule has 0 spiro atoms. The van der Waals surface area contributed by atoms with E-state index in [2.05, 4.69) is 38.3 Å². The Kier molecular flexibility index (Phi) is 6.50. The Balaban J connectivity index is 2.00. The Bertz CT molecular complexity index is 193. The van der Waals surface area contributed by atoms with Crippen LogP contribution in [0.2, 0.25) is 0 Å². The van der Waals surface area contributed by atoms with Crippen molar-refractivity contribution in [3.63, 3.8) is 0 Å². The van der Waals surface area contributed by atoms with Gasteiger partial charge in [-0.2, -0.15) is 0 Å². The SMILES string of the molecule is CC(C)C(C)(C)CNCCCC1CCCNC1. The van der Waals surface area contributed by atoms with Crippen molar-refractivity contribution >= 4 is 0 Å². The Morgan fingerprint density at radius 1 is 1.35 bits per heavy atom. The number of rotatable bonds is 7. The molecule has 0 aromatic carbocycles. The molecule has 1 atom stereocenters. The molecule has 2 nitrogen and oxygen atoms in total. The highest BCUT2D eigenvalue weighted by Crippen LogP contribution is 2.24. The fourth-order valence-corrected chi connectivity index (χ4v) is 2.30. The van der Waals surface area contributed by atoms with Gasteiger partial charge in [0.05, 0.1) is 0 Å². The molecule has 1 saturated heterocycles. The maximum absolute atomic E-state index is 3.63. The lowest BCUT2D eigenvalue weighted by molar-refractivity contribution is 0.237. The van der Waals surface area contributed by atoms with Gasteiger partial charge < -0.3 is 10.6 Å². The second kappa shape index (κ2) is 7.38. The topological polar surface area (TPSA) is 24.1 Å². The number of hydrogen-bond donors (Lipinski definition) is 2. The van der Waals surface area contributed by atoms with E-state index in [-0.39, 0.29) is 0 Å². The summed E-state index contributed by atoms with van der Waals surface area (Å²) >= 11 is 0. The summed E-state index contributed by atoms with van der Waals surface area (Å²) in [7, 11) is 0. The molecule has 1 unspecified atom stereocenters. The van der Waals surface area contributed by atoms with Crippen molar-refractivity contribution in [1.82, 2.24) is 10.6 Å². The van der Waals surface area contributed by atoms with Gasteiger partial charge in [0, 0.05) is 6.54 Å². The molecule has 1 heterocycles. The fraction of sp³-hybridized carbons (Fsp3) is 1.00. The molecule has 0 radical (unpaired) electrons. The van der Waals surface area contributed by atoms with Crippen LogP contribution in [0.25, 0.3) is 0 Å². The molecule has 0 saturated carbocycles. The Labute approximate surface area is 108 Å². The average Bonchev–Trinajstić information content (AvgIpc) is 2.29. The van der Waals surface area contributed by atoms with Crippen molar-refractivity contribution in [2.75, 3.05) is 26.2 Å². The molecular weight excluding hydrogens is 208 g/mol. The summed E-state index contributed by atoms with van der Waals surface area (Å²) in [6.07, 6.45) is 5.53. The minimum Gasteiger partial charge on any atom is -0.316 e. The fourth-order valence-electron chi connectivity index (χ4n) is 2.30. The summed E-state index contributed by atoms with van der Waals surface area (Å²) in [5.74, 6) is 1.68. The standard InChI is InChI=1S/C15H32N2/c1-13(2)15(3,4)12-17-10-6-8-14-7-5-9-16-11-14/h13-14,16-17H,5-12H2,1-4H3. The number of nitrogens with one attached hydrogen (secondary N) is 2. The molecule has 0 aliphatic carbocycles. The molecule has 0 aromatic heterocycles. The average molecular weight is 240 g/mol. The van der Waals surface area contributed by atoms with Crippen molar-refractivity contribution in [3.8, 4) is 0 Å². The van der Waals surface area contributed by atoms with Crippen LogP contribution in [0.5, 0.6) is 0 Å². The van der Waals surface area contributed by atoms with Crippen molar-refractivity contribution < 1.29 is 0 Å². The van der Waals surface area contributed by atoms with Crippen molar-refractivity contribution in [3.05, 3.63) is 0 Å². The Morgan fingerprint density at radius 2 is 2.12 bits per heavy atom. The van der Waals surface area contributed by atoms with E-state index in [1.807, 2.05) is 0 Å². The van der Waals surface area contributed by atoms with Crippen LogP contribution < -0.4 is 10.6 Å². The Morgan fingerprint density at radius 3 is 2.71 bits per heavy atom. The minimum absolute atomic E-state index is 0.423. The predicted molar refractivity (Wildman–Crippen MR) is 76.3 cm³/mol. The van der Waals surface area contributed by atoms with Crippen molar-refractivity contribution in [2.24, 2.45) is 17.3 Å². The maximum atomic E-state index is 3.63. The van der Waals surface area contributed by atoms with Crippen LogP contribution in [-0.4, -0.2) is 26.2 Å². The number of hydrogen-bond acceptors (Lipinski definition) is 2. The van der Waals surface area contributed by atoms with Gasteiger partial charge in [0.15, 0.2) is 0 Å². The summed E-state index contributed by atoms with van der Waals surface area (Å²) in [5.41, 5.74) is 0.423. The first-order valence-electron chi connectivity index (χ1n) is 7.44. The second-order valence-corrected chi connectivity index (χ2v) is 6.67. The lowest BCUT2D eigenvalue weighted by Crippen LogP contribution is -2.34. The van der Waals surface area contributed by atoms with Crippen LogP contribution in [0.15, 0.2) is 0 Å². The first kappa shape index (κ1) is 15.0. The molecule has 2 heteroatoms. The van der Waals surface area contributed by atoms with Crippen molar-refractivity contribution in [1.29, 1.82) is 0 Å². The van der Waals surface area contributed by atoms with Crippen LogP contribution >= 0.6 is 0 Å². The van der Waals surface area contributed by atoms with Gasteiger partial charge in [-0.15, -0.1) is 0 Å². The zero-order valence-electron chi connectivity index (χ0n) is 12.3. The molecule has 1 aliphatic heterocycles. The largest absolute Gasteiger partial charge is 0.316 e. The van der Waals surface area contributed by atoms with Gasteiger partial charge in [-0.05, 0) is 62.6 Å². The van der Waals surface area contributed by atoms with E-state index in [4.69, 9.17) is 0 Å². The summed E-state index contributed by atoms with van der Waals surface area (Å²) < 4.78 is 0. The Hall–Kier alpha value is -0.0800. The van der Waals surface area contributed by atoms with E-state index in [1.165, 1.54) is 45.3 Å². The zero-order chi connectivity index (χ0) is 12.7. The molecule has 0 aromatic rings. The quantitative estimate of drug-likeness (QED) is 0.668. The second-order valence-electron chi connectivity index (χ2n) is 6.67. The van der Waals surface area contributed by atoms with Crippen LogP contribution in [0, 0.1) is 17.3 Å². The molecule has 1 rings (SSSR count). The third-order valence-corrected chi connectivity index (χ3v) is 4.51. The third kappa shape index (κ3) is 5.87. The predicted octanol–water partition coefficient (Wildman–Crippen LogP) is 3.04. The summed E-state index contributed by atoms with van der Waals surface area (Å²) in [5, 5.41) is 7.12. The highest BCUT2D eigenvalue weighted by Gasteiger charge is 2.21. The molecule has 1 fully saturated rings. The molecule has 1 aliphatic rings.